The molecule has 1 amide bonds. The van der Waals surface area contributed by atoms with Crippen molar-refractivity contribution in [1.29, 1.82) is 0 Å². The van der Waals surface area contributed by atoms with Gasteiger partial charge in [-0.3, -0.25) is 4.79 Å². The highest BCUT2D eigenvalue weighted by molar-refractivity contribution is 6.39. The molecule has 0 fully saturated rings. The Morgan fingerprint density at radius 2 is 2.00 bits per heavy atom. The quantitative estimate of drug-likeness (QED) is 0.702. The maximum Gasteiger partial charge on any atom is 0.253 e. The minimum Gasteiger partial charge on any atom is -0.339 e. The maximum absolute atomic E-state index is 12.0. The number of rotatable bonds is 3. The minimum atomic E-state index is 0.0779. The van der Waals surface area contributed by atoms with E-state index in [2.05, 4.69) is 0 Å². The fraction of sp³-hybridized carbons (Fsp3) is 0.364. The number of hydrogen-bond acceptors (Lipinski definition) is 1. The average molecular weight is 224 g/mol. The molecule has 2 nitrogen and oxygen atoms in total. The zero-order chi connectivity index (χ0) is 11.4. The SMILES string of the molecule is Bc1cc(Cl)ccc1C(=O)N(CC)CC. The van der Waals surface area contributed by atoms with Crippen LogP contribution in [-0.2, 0) is 0 Å². The van der Waals surface area contributed by atoms with Crippen LogP contribution in [0.4, 0.5) is 0 Å². The van der Waals surface area contributed by atoms with Crippen molar-refractivity contribution in [2.24, 2.45) is 0 Å². The third kappa shape index (κ3) is 2.75. The molecule has 0 aliphatic rings. The Bertz CT molecular complexity index is 364. The zero-order valence-corrected chi connectivity index (χ0v) is 10.1. The van der Waals surface area contributed by atoms with Crippen molar-refractivity contribution in [3.63, 3.8) is 0 Å². The van der Waals surface area contributed by atoms with E-state index in [-0.39, 0.29) is 5.91 Å². The molecule has 0 saturated carbocycles. The molecule has 4 heteroatoms. The molecule has 0 bridgehead atoms. The fourth-order valence-electron chi connectivity index (χ4n) is 1.55. The first-order valence-electron chi connectivity index (χ1n) is 5.15. The highest BCUT2D eigenvalue weighted by atomic mass is 35.5. The van der Waals surface area contributed by atoms with Crippen LogP contribution in [0.2, 0.25) is 5.02 Å². The van der Waals surface area contributed by atoms with Crippen LogP contribution >= 0.6 is 11.6 Å². The molecule has 1 aromatic carbocycles. The molecule has 0 aliphatic carbocycles. The van der Waals surface area contributed by atoms with Gasteiger partial charge in [-0.15, -0.1) is 0 Å². The molecule has 1 aromatic rings. The summed E-state index contributed by atoms with van der Waals surface area (Å²) in [6.45, 7) is 5.42. The summed E-state index contributed by atoms with van der Waals surface area (Å²) in [5, 5.41) is 0.670. The van der Waals surface area contributed by atoms with Crippen molar-refractivity contribution < 1.29 is 4.79 Å². The Hall–Kier alpha value is -0.955. The van der Waals surface area contributed by atoms with Gasteiger partial charge in [0.05, 0.1) is 0 Å². The van der Waals surface area contributed by atoms with Crippen LogP contribution in [0.25, 0.3) is 0 Å². The normalized spacial score (nSPS) is 10.1. The van der Waals surface area contributed by atoms with Gasteiger partial charge in [-0.25, -0.2) is 0 Å². The molecule has 0 radical (unpaired) electrons. The topological polar surface area (TPSA) is 20.3 Å². The summed E-state index contributed by atoms with van der Waals surface area (Å²) in [6, 6.07) is 5.36. The minimum absolute atomic E-state index is 0.0779. The Morgan fingerprint density at radius 3 is 2.47 bits per heavy atom. The van der Waals surface area contributed by atoms with Crippen LogP contribution in [0, 0.1) is 0 Å². The first-order valence-corrected chi connectivity index (χ1v) is 5.53. The molecular weight excluding hydrogens is 208 g/mol. The maximum atomic E-state index is 12.0. The van der Waals surface area contributed by atoms with Crippen molar-refractivity contribution in [3.8, 4) is 0 Å². The summed E-state index contributed by atoms with van der Waals surface area (Å²) < 4.78 is 0. The van der Waals surface area contributed by atoms with E-state index in [1.165, 1.54) is 0 Å². The third-order valence-corrected chi connectivity index (χ3v) is 2.70. The molecule has 0 atom stereocenters. The number of hydrogen-bond donors (Lipinski definition) is 0. The van der Waals surface area contributed by atoms with E-state index in [9.17, 15) is 4.79 Å². The van der Waals surface area contributed by atoms with Gasteiger partial charge in [0.25, 0.3) is 5.91 Å². The van der Waals surface area contributed by atoms with Crippen LogP contribution < -0.4 is 5.46 Å². The van der Waals surface area contributed by atoms with Gasteiger partial charge in [0, 0.05) is 23.7 Å². The molecular formula is C11H15BClNO. The van der Waals surface area contributed by atoms with E-state index in [1.807, 2.05) is 27.8 Å². The second-order valence-corrected chi connectivity index (χ2v) is 3.87. The summed E-state index contributed by atoms with van der Waals surface area (Å²) in [7, 11) is 1.91. The Balaban J connectivity index is 3.00. The number of halogens is 1. The Morgan fingerprint density at radius 1 is 1.40 bits per heavy atom. The van der Waals surface area contributed by atoms with Crippen LogP contribution in [0.5, 0.6) is 0 Å². The second kappa shape index (κ2) is 5.22. The highest BCUT2D eigenvalue weighted by Crippen LogP contribution is 2.09. The van der Waals surface area contributed by atoms with Crippen LogP contribution in [0.15, 0.2) is 18.2 Å². The lowest BCUT2D eigenvalue weighted by atomic mass is 9.90. The Labute approximate surface area is 96.6 Å². The lowest BCUT2D eigenvalue weighted by Crippen LogP contribution is -2.33. The van der Waals surface area contributed by atoms with Gasteiger partial charge in [0.2, 0.25) is 0 Å². The standard InChI is InChI=1S/C11H15BClNO/c1-3-14(4-2)11(15)9-6-5-8(13)7-10(9)12/h5-7H,3-4,12H2,1-2H3. The molecule has 0 aliphatic heterocycles. The summed E-state index contributed by atoms with van der Waals surface area (Å²) in [5.41, 5.74) is 1.67. The molecule has 80 valence electrons. The summed E-state index contributed by atoms with van der Waals surface area (Å²) in [6.07, 6.45) is 0. The number of amides is 1. The van der Waals surface area contributed by atoms with Crippen molar-refractivity contribution >= 4 is 30.8 Å². The molecule has 0 N–H and O–H groups in total. The number of benzene rings is 1. The molecule has 1 rings (SSSR count). The van der Waals surface area contributed by atoms with E-state index < -0.39 is 0 Å². The first-order chi connectivity index (χ1) is 7.10. The molecule has 0 saturated heterocycles. The first kappa shape index (κ1) is 12.1. The summed E-state index contributed by atoms with van der Waals surface area (Å²) in [4.78, 5) is 13.8. The lowest BCUT2D eigenvalue weighted by Gasteiger charge is -2.19. The average Bonchev–Trinajstić information content (AvgIpc) is 2.19. The van der Waals surface area contributed by atoms with Gasteiger partial charge in [0.1, 0.15) is 7.85 Å². The molecule has 0 spiro atoms. The van der Waals surface area contributed by atoms with Gasteiger partial charge in [0.15, 0.2) is 0 Å². The zero-order valence-electron chi connectivity index (χ0n) is 9.38. The van der Waals surface area contributed by atoms with Gasteiger partial charge in [-0.2, -0.15) is 0 Å². The van der Waals surface area contributed by atoms with E-state index in [0.29, 0.717) is 5.02 Å². The monoisotopic (exact) mass is 223 g/mol. The molecule has 0 unspecified atom stereocenters. The lowest BCUT2D eigenvalue weighted by molar-refractivity contribution is 0.0774. The third-order valence-electron chi connectivity index (χ3n) is 2.47. The van der Waals surface area contributed by atoms with Crippen LogP contribution in [0.1, 0.15) is 24.2 Å². The van der Waals surface area contributed by atoms with E-state index in [0.717, 1.165) is 24.1 Å². The van der Waals surface area contributed by atoms with E-state index in [1.54, 1.807) is 17.0 Å². The second-order valence-electron chi connectivity index (χ2n) is 3.44. The van der Waals surface area contributed by atoms with Crippen molar-refractivity contribution in [1.82, 2.24) is 4.90 Å². The van der Waals surface area contributed by atoms with Gasteiger partial charge in [-0.1, -0.05) is 17.1 Å². The largest absolute Gasteiger partial charge is 0.339 e. The summed E-state index contributed by atoms with van der Waals surface area (Å²) >= 11 is 5.84. The van der Waals surface area contributed by atoms with Crippen molar-refractivity contribution in [3.05, 3.63) is 28.8 Å². The fourth-order valence-corrected chi connectivity index (χ4v) is 1.77. The number of nitrogens with zero attached hydrogens (tertiary/aromatic N) is 1. The van der Waals surface area contributed by atoms with E-state index in [4.69, 9.17) is 11.6 Å². The van der Waals surface area contributed by atoms with Gasteiger partial charge in [-0.05, 0) is 32.0 Å². The van der Waals surface area contributed by atoms with Crippen molar-refractivity contribution in [2.45, 2.75) is 13.8 Å². The van der Waals surface area contributed by atoms with Gasteiger partial charge < -0.3 is 4.90 Å². The number of carbonyl (C=O) groups is 1. The van der Waals surface area contributed by atoms with Gasteiger partial charge >= 0.3 is 0 Å². The van der Waals surface area contributed by atoms with Crippen molar-refractivity contribution in [2.75, 3.05) is 13.1 Å². The Kier molecular flexibility index (Phi) is 4.21. The predicted molar refractivity (Wildman–Crippen MR) is 66.9 cm³/mol. The summed E-state index contributed by atoms with van der Waals surface area (Å²) in [5.74, 6) is 0.0779. The van der Waals surface area contributed by atoms with Crippen LogP contribution in [-0.4, -0.2) is 31.7 Å². The smallest absolute Gasteiger partial charge is 0.253 e. The number of carbonyl (C=O) groups excluding carboxylic acids is 1. The van der Waals surface area contributed by atoms with Crippen LogP contribution in [0.3, 0.4) is 0 Å². The predicted octanol–water partition coefficient (Wildman–Crippen LogP) is 1.08. The highest BCUT2D eigenvalue weighted by Gasteiger charge is 2.14. The van der Waals surface area contributed by atoms with E-state index >= 15 is 0 Å². The molecule has 15 heavy (non-hydrogen) atoms. The molecule has 0 heterocycles. The molecule has 0 aromatic heterocycles.